The van der Waals surface area contributed by atoms with Gasteiger partial charge in [0.05, 0.1) is 12.7 Å². The van der Waals surface area contributed by atoms with Crippen LogP contribution in [0.15, 0.2) is 18.2 Å². The third-order valence-electron chi connectivity index (χ3n) is 5.08. The maximum Gasteiger partial charge on any atom is 0.161 e. The number of ketones is 1. The number of rotatable bonds is 17. The van der Waals surface area contributed by atoms with E-state index < -0.39 is 6.10 Å². The van der Waals surface area contributed by atoms with Gasteiger partial charge < -0.3 is 14.9 Å². The molecule has 0 aliphatic rings. The Hall–Kier alpha value is -1.55. The molecule has 4 heteroatoms. The van der Waals surface area contributed by atoms with E-state index in [1.807, 2.05) is 12.1 Å². The van der Waals surface area contributed by atoms with Crippen molar-refractivity contribution in [1.82, 2.24) is 0 Å². The summed E-state index contributed by atoms with van der Waals surface area (Å²) in [7, 11) is 0. The number of hydrogen-bond donors (Lipinski definition) is 2. The molecule has 0 heterocycles. The average Bonchev–Trinajstić information content (AvgIpc) is 2.67. The van der Waals surface area contributed by atoms with Crippen LogP contribution in [-0.4, -0.2) is 28.7 Å². The minimum atomic E-state index is -0.518. The number of aromatic hydroxyl groups is 1. The number of unbranched alkanes of at least 4 members (excludes halogenated alkanes) is 7. The van der Waals surface area contributed by atoms with Gasteiger partial charge in [0, 0.05) is 12.8 Å². The molecule has 0 bridgehead atoms. The summed E-state index contributed by atoms with van der Waals surface area (Å²) in [5.74, 6) is 0.714. The molecule has 0 amide bonds. The molecule has 1 aromatic rings. The number of carbonyl (C=O) groups is 1. The quantitative estimate of drug-likeness (QED) is 0.321. The van der Waals surface area contributed by atoms with E-state index in [1.54, 1.807) is 6.07 Å². The number of phenolic OH excluding ortho intramolecular Hbond substituents is 1. The molecule has 1 unspecified atom stereocenters. The number of hydrogen-bond acceptors (Lipinski definition) is 4. The van der Waals surface area contributed by atoms with Crippen molar-refractivity contribution in [2.45, 2.75) is 103 Å². The van der Waals surface area contributed by atoms with Gasteiger partial charge in [-0.1, -0.05) is 71.3 Å². The standard InChI is InChI=1S/C24H40O4/c1-3-5-7-8-9-10-11-12-21(25)19-22(26)15-13-20-14-16-23(27)24(18-20)28-17-6-4-2/h14,16,18,21,25,27H,3-13,15,17,19H2,1-2H3. The number of aliphatic hydroxyl groups is 1. The third kappa shape index (κ3) is 11.3. The van der Waals surface area contributed by atoms with E-state index in [4.69, 9.17) is 4.74 Å². The van der Waals surface area contributed by atoms with Crippen LogP contribution in [0.1, 0.15) is 96.5 Å². The van der Waals surface area contributed by atoms with Gasteiger partial charge in [0.2, 0.25) is 0 Å². The molecule has 1 aromatic carbocycles. The SMILES string of the molecule is CCCCCCCCCC(O)CC(=O)CCc1ccc(O)c(OCCCC)c1. The minimum absolute atomic E-state index is 0.0944. The Kier molecular flexibility index (Phi) is 13.5. The molecule has 0 aliphatic carbocycles. The van der Waals surface area contributed by atoms with Crippen LogP contribution in [0, 0.1) is 0 Å². The van der Waals surface area contributed by atoms with E-state index in [-0.39, 0.29) is 18.0 Å². The average molecular weight is 393 g/mol. The molecular weight excluding hydrogens is 352 g/mol. The largest absolute Gasteiger partial charge is 0.504 e. The van der Waals surface area contributed by atoms with Crippen molar-refractivity contribution in [2.75, 3.05) is 6.61 Å². The molecular formula is C24H40O4. The summed E-state index contributed by atoms with van der Waals surface area (Å²) >= 11 is 0. The second-order valence-electron chi connectivity index (χ2n) is 7.81. The van der Waals surface area contributed by atoms with Gasteiger partial charge in [-0.2, -0.15) is 0 Å². The predicted molar refractivity (Wildman–Crippen MR) is 115 cm³/mol. The number of ether oxygens (including phenoxy) is 1. The molecule has 0 fully saturated rings. The lowest BCUT2D eigenvalue weighted by molar-refractivity contribution is -0.121. The molecule has 160 valence electrons. The second kappa shape index (κ2) is 15.4. The summed E-state index contributed by atoms with van der Waals surface area (Å²) in [6.07, 6.45) is 12.0. The first-order valence-electron chi connectivity index (χ1n) is 11.2. The zero-order chi connectivity index (χ0) is 20.6. The fourth-order valence-corrected chi connectivity index (χ4v) is 3.24. The van der Waals surface area contributed by atoms with Gasteiger partial charge in [0.15, 0.2) is 11.5 Å². The van der Waals surface area contributed by atoms with Crippen LogP contribution in [0.2, 0.25) is 0 Å². The first-order valence-corrected chi connectivity index (χ1v) is 11.2. The van der Waals surface area contributed by atoms with Gasteiger partial charge in [-0.25, -0.2) is 0 Å². The number of carbonyl (C=O) groups excluding carboxylic acids is 1. The molecule has 0 saturated heterocycles. The zero-order valence-electron chi connectivity index (χ0n) is 17.9. The molecule has 0 saturated carbocycles. The van der Waals surface area contributed by atoms with Crippen LogP contribution in [-0.2, 0) is 11.2 Å². The number of benzene rings is 1. The van der Waals surface area contributed by atoms with Gasteiger partial charge >= 0.3 is 0 Å². The van der Waals surface area contributed by atoms with Crippen molar-refractivity contribution >= 4 is 5.78 Å². The van der Waals surface area contributed by atoms with Crippen molar-refractivity contribution in [3.63, 3.8) is 0 Å². The van der Waals surface area contributed by atoms with E-state index in [0.717, 1.165) is 31.2 Å². The fourth-order valence-electron chi connectivity index (χ4n) is 3.24. The van der Waals surface area contributed by atoms with Crippen LogP contribution in [0.3, 0.4) is 0 Å². The van der Waals surface area contributed by atoms with E-state index in [1.165, 1.54) is 32.1 Å². The summed E-state index contributed by atoms with van der Waals surface area (Å²) in [6.45, 7) is 4.89. The topological polar surface area (TPSA) is 66.8 Å². The normalized spacial score (nSPS) is 12.1. The van der Waals surface area contributed by atoms with Gasteiger partial charge in [0.25, 0.3) is 0 Å². The Morgan fingerprint density at radius 3 is 2.39 bits per heavy atom. The Bertz CT molecular complexity index is 541. The summed E-state index contributed by atoms with van der Waals surface area (Å²) in [5.41, 5.74) is 0.971. The Balaban J connectivity index is 2.23. The molecule has 28 heavy (non-hydrogen) atoms. The maximum absolute atomic E-state index is 12.2. The predicted octanol–water partition coefficient (Wildman–Crippen LogP) is 5.96. The lowest BCUT2D eigenvalue weighted by Gasteiger charge is -2.11. The molecule has 1 rings (SSSR count). The van der Waals surface area contributed by atoms with E-state index in [2.05, 4.69) is 13.8 Å². The van der Waals surface area contributed by atoms with Gasteiger partial charge in [-0.05, 0) is 37.0 Å². The van der Waals surface area contributed by atoms with Crippen LogP contribution in [0.5, 0.6) is 11.5 Å². The summed E-state index contributed by atoms with van der Waals surface area (Å²) in [6, 6.07) is 5.26. The highest BCUT2D eigenvalue weighted by atomic mass is 16.5. The van der Waals surface area contributed by atoms with Crippen LogP contribution >= 0.6 is 0 Å². The van der Waals surface area contributed by atoms with Crippen LogP contribution in [0.4, 0.5) is 0 Å². The molecule has 0 radical (unpaired) electrons. The number of Topliss-reactive ketones (excluding diaryl/α,β-unsaturated/α-hetero) is 1. The minimum Gasteiger partial charge on any atom is -0.504 e. The Morgan fingerprint density at radius 2 is 1.68 bits per heavy atom. The Morgan fingerprint density at radius 1 is 1.00 bits per heavy atom. The van der Waals surface area contributed by atoms with Crippen molar-refractivity contribution < 1.29 is 19.7 Å². The van der Waals surface area contributed by atoms with Crippen LogP contribution < -0.4 is 4.74 Å². The monoisotopic (exact) mass is 392 g/mol. The molecule has 0 aliphatic heterocycles. The van der Waals surface area contributed by atoms with E-state index in [0.29, 0.717) is 31.6 Å². The fraction of sp³-hybridized carbons (Fsp3) is 0.708. The van der Waals surface area contributed by atoms with Gasteiger partial charge in [0.1, 0.15) is 5.78 Å². The maximum atomic E-state index is 12.2. The molecule has 2 N–H and O–H groups in total. The zero-order valence-corrected chi connectivity index (χ0v) is 17.9. The molecule has 0 aromatic heterocycles. The van der Waals surface area contributed by atoms with Crippen molar-refractivity contribution in [2.24, 2.45) is 0 Å². The number of aliphatic hydroxyl groups excluding tert-OH is 1. The lowest BCUT2D eigenvalue weighted by Crippen LogP contribution is -2.14. The molecule has 0 spiro atoms. The highest BCUT2D eigenvalue weighted by molar-refractivity contribution is 5.79. The summed E-state index contributed by atoms with van der Waals surface area (Å²) < 4.78 is 5.60. The first kappa shape index (κ1) is 24.5. The number of aryl methyl sites for hydroxylation is 1. The van der Waals surface area contributed by atoms with Crippen molar-refractivity contribution in [3.8, 4) is 11.5 Å². The highest BCUT2D eigenvalue weighted by Crippen LogP contribution is 2.27. The van der Waals surface area contributed by atoms with Crippen molar-refractivity contribution in [3.05, 3.63) is 23.8 Å². The van der Waals surface area contributed by atoms with Gasteiger partial charge in [-0.15, -0.1) is 0 Å². The molecule has 1 atom stereocenters. The molecule has 4 nitrogen and oxygen atoms in total. The second-order valence-corrected chi connectivity index (χ2v) is 7.81. The first-order chi connectivity index (χ1) is 13.6. The van der Waals surface area contributed by atoms with E-state index in [9.17, 15) is 15.0 Å². The van der Waals surface area contributed by atoms with Crippen LogP contribution in [0.25, 0.3) is 0 Å². The number of phenols is 1. The third-order valence-corrected chi connectivity index (χ3v) is 5.08. The van der Waals surface area contributed by atoms with Crippen molar-refractivity contribution in [1.29, 1.82) is 0 Å². The van der Waals surface area contributed by atoms with Gasteiger partial charge in [-0.3, -0.25) is 4.79 Å². The Labute approximate surface area is 171 Å². The highest BCUT2D eigenvalue weighted by Gasteiger charge is 2.12. The summed E-state index contributed by atoms with van der Waals surface area (Å²) in [5, 5.41) is 20.0. The summed E-state index contributed by atoms with van der Waals surface area (Å²) in [4.78, 5) is 12.2. The van der Waals surface area contributed by atoms with E-state index >= 15 is 0 Å². The lowest BCUT2D eigenvalue weighted by atomic mass is 10.0. The smallest absolute Gasteiger partial charge is 0.161 e.